The zero-order chi connectivity index (χ0) is 23.7. The molecule has 2 heterocycles. The maximum atomic E-state index is 12.7. The number of carbonyl (C=O) groups excluding carboxylic acids is 1. The molecular formula is C27H22ClN5O. The molecule has 34 heavy (non-hydrogen) atoms. The van der Waals surface area contributed by atoms with E-state index in [-0.39, 0.29) is 5.91 Å². The zero-order valence-electron chi connectivity index (χ0n) is 18.5. The zero-order valence-corrected chi connectivity index (χ0v) is 19.3. The molecule has 6 nitrogen and oxygen atoms in total. The van der Waals surface area contributed by atoms with Crippen LogP contribution in [-0.2, 0) is 0 Å². The van der Waals surface area contributed by atoms with Crippen LogP contribution in [0, 0.1) is 18.8 Å². The average molecular weight is 468 g/mol. The van der Waals surface area contributed by atoms with Gasteiger partial charge >= 0.3 is 0 Å². The Bertz CT molecular complexity index is 1440. The molecule has 4 aromatic rings. The van der Waals surface area contributed by atoms with Crippen molar-refractivity contribution in [2.24, 2.45) is 0 Å². The molecule has 5 rings (SSSR count). The maximum Gasteiger partial charge on any atom is 0.255 e. The first-order chi connectivity index (χ1) is 16.5. The van der Waals surface area contributed by atoms with E-state index in [1.807, 2.05) is 36.1 Å². The number of aryl methyl sites for hydroxylation is 1. The molecule has 2 aromatic heterocycles. The number of hydrogen-bond donors (Lipinski definition) is 2. The molecule has 1 aliphatic rings. The van der Waals surface area contributed by atoms with Crippen molar-refractivity contribution in [1.82, 2.24) is 14.8 Å². The van der Waals surface area contributed by atoms with Gasteiger partial charge in [0, 0.05) is 45.4 Å². The molecule has 0 unspecified atom stereocenters. The number of pyridine rings is 1. The van der Waals surface area contributed by atoms with Gasteiger partial charge in [-0.15, -0.1) is 0 Å². The molecule has 2 aromatic carbocycles. The molecule has 0 aliphatic heterocycles. The second-order valence-corrected chi connectivity index (χ2v) is 8.77. The van der Waals surface area contributed by atoms with Crippen LogP contribution in [0.1, 0.15) is 45.9 Å². The van der Waals surface area contributed by atoms with E-state index in [1.54, 1.807) is 42.6 Å². The van der Waals surface area contributed by atoms with Gasteiger partial charge in [-0.3, -0.25) is 9.48 Å². The Kier molecular flexibility index (Phi) is 5.79. The summed E-state index contributed by atoms with van der Waals surface area (Å²) >= 11 is 5.91. The predicted molar refractivity (Wildman–Crippen MR) is 135 cm³/mol. The van der Waals surface area contributed by atoms with Gasteiger partial charge in [0.15, 0.2) is 0 Å². The number of carbonyl (C=O) groups is 1. The van der Waals surface area contributed by atoms with E-state index in [4.69, 9.17) is 17.3 Å². The predicted octanol–water partition coefficient (Wildman–Crippen LogP) is 5.48. The quantitative estimate of drug-likeness (QED) is 0.389. The first kappa shape index (κ1) is 21.7. The number of anilines is 2. The monoisotopic (exact) mass is 467 g/mol. The van der Waals surface area contributed by atoms with E-state index in [0.29, 0.717) is 33.7 Å². The van der Waals surface area contributed by atoms with Gasteiger partial charge in [-0.1, -0.05) is 29.5 Å². The molecule has 168 valence electrons. The Morgan fingerprint density at radius 2 is 1.82 bits per heavy atom. The summed E-state index contributed by atoms with van der Waals surface area (Å²) in [4.78, 5) is 17.0. The highest BCUT2D eigenvalue weighted by atomic mass is 35.5. The van der Waals surface area contributed by atoms with Gasteiger partial charge in [0.1, 0.15) is 5.82 Å². The Labute approximate surface area is 202 Å². The fraction of sp³-hybridized carbons (Fsp3) is 0.148. The van der Waals surface area contributed by atoms with Crippen LogP contribution in [0.2, 0.25) is 5.02 Å². The van der Waals surface area contributed by atoms with E-state index in [9.17, 15) is 4.79 Å². The second-order valence-electron chi connectivity index (χ2n) is 8.34. The van der Waals surface area contributed by atoms with E-state index in [2.05, 4.69) is 27.2 Å². The van der Waals surface area contributed by atoms with Crippen LogP contribution in [0.25, 0.3) is 11.1 Å². The van der Waals surface area contributed by atoms with Crippen LogP contribution < -0.4 is 11.1 Å². The Morgan fingerprint density at radius 1 is 1.06 bits per heavy atom. The Balaban J connectivity index is 1.39. The highest BCUT2D eigenvalue weighted by molar-refractivity contribution is 6.30. The first-order valence-electron chi connectivity index (χ1n) is 11.0. The van der Waals surface area contributed by atoms with Crippen molar-refractivity contribution in [2.75, 3.05) is 11.1 Å². The van der Waals surface area contributed by atoms with E-state index in [1.165, 1.54) is 12.8 Å². The van der Waals surface area contributed by atoms with Gasteiger partial charge in [0.25, 0.3) is 5.91 Å². The third kappa shape index (κ3) is 4.80. The van der Waals surface area contributed by atoms with Crippen molar-refractivity contribution in [1.29, 1.82) is 0 Å². The average Bonchev–Trinajstić information content (AvgIpc) is 3.57. The molecule has 1 saturated carbocycles. The summed E-state index contributed by atoms with van der Waals surface area (Å²) < 4.78 is 2.00. The Morgan fingerprint density at radius 3 is 2.59 bits per heavy atom. The molecule has 0 atom stereocenters. The summed E-state index contributed by atoms with van der Waals surface area (Å²) in [5.41, 5.74) is 11.5. The summed E-state index contributed by atoms with van der Waals surface area (Å²) in [6.07, 6.45) is 7.97. The number of hydrogen-bond acceptors (Lipinski definition) is 4. The fourth-order valence-electron chi connectivity index (χ4n) is 3.53. The van der Waals surface area contributed by atoms with Gasteiger partial charge in [-0.2, -0.15) is 5.10 Å². The minimum Gasteiger partial charge on any atom is -0.383 e. The maximum absolute atomic E-state index is 12.7. The number of nitrogens with one attached hydrogen (secondary N) is 1. The lowest BCUT2D eigenvalue weighted by Gasteiger charge is -2.07. The lowest BCUT2D eigenvalue weighted by molar-refractivity contribution is 0.102. The topological polar surface area (TPSA) is 85.8 Å². The van der Waals surface area contributed by atoms with Crippen LogP contribution in [0.15, 0.2) is 67.1 Å². The summed E-state index contributed by atoms with van der Waals surface area (Å²) in [6, 6.07) is 14.8. The van der Waals surface area contributed by atoms with Crippen LogP contribution >= 0.6 is 11.6 Å². The van der Waals surface area contributed by atoms with Crippen molar-refractivity contribution in [3.05, 3.63) is 94.4 Å². The molecule has 0 saturated heterocycles. The number of benzene rings is 2. The van der Waals surface area contributed by atoms with Gasteiger partial charge in [-0.25, -0.2) is 4.98 Å². The van der Waals surface area contributed by atoms with Crippen molar-refractivity contribution in [3.63, 3.8) is 0 Å². The van der Waals surface area contributed by atoms with Gasteiger partial charge in [-0.05, 0) is 67.8 Å². The van der Waals surface area contributed by atoms with E-state index in [0.717, 1.165) is 22.3 Å². The smallest absolute Gasteiger partial charge is 0.255 e. The van der Waals surface area contributed by atoms with Crippen LogP contribution in [0.5, 0.6) is 0 Å². The largest absolute Gasteiger partial charge is 0.383 e. The highest BCUT2D eigenvalue weighted by Gasteiger charge is 2.24. The lowest BCUT2D eigenvalue weighted by Crippen LogP contribution is -2.12. The third-order valence-corrected chi connectivity index (χ3v) is 5.96. The fourth-order valence-corrected chi connectivity index (χ4v) is 3.65. The van der Waals surface area contributed by atoms with Crippen molar-refractivity contribution < 1.29 is 4.79 Å². The van der Waals surface area contributed by atoms with Gasteiger partial charge in [0.2, 0.25) is 0 Å². The molecule has 0 radical (unpaired) electrons. The van der Waals surface area contributed by atoms with E-state index < -0.39 is 0 Å². The second kappa shape index (κ2) is 9.05. The van der Waals surface area contributed by atoms with Gasteiger partial charge < -0.3 is 11.1 Å². The number of amides is 1. The van der Waals surface area contributed by atoms with Crippen LogP contribution in [0.3, 0.4) is 0 Å². The SMILES string of the molecule is Cc1ccc(C(=O)Nc2ccc(Cl)cc2)cc1C#Cc1cc(-c2cnn(C3CC3)c2)cnc1N. The summed E-state index contributed by atoms with van der Waals surface area (Å²) in [7, 11) is 0. The van der Waals surface area contributed by atoms with Crippen molar-refractivity contribution in [2.45, 2.75) is 25.8 Å². The number of nitrogens with two attached hydrogens (primary N) is 1. The van der Waals surface area contributed by atoms with Gasteiger partial charge in [0.05, 0.1) is 17.8 Å². The number of halogens is 1. The molecular weight excluding hydrogens is 446 g/mol. The molecule has 0 bridgehead atoms. The summed E-state index contributed by atoms with van der Waals surface area (Å²) in [6.45, 7) is 1.95. The molecule has 0 spiro atoms. The molecule has 1 amide bonds. The molecule has 1 fully saturated rings. The number of aromatic nitrogens is 3. The number of nitrogen functional groups attached to an aromatic ring is 1. The number of nitrogens with zero attached hydrogens (tertiary/aromatic N) is 3. The van der Waals surface area contributed by atoms with Crippen molar-refractivity contribution >= 4 is 29.0 Å². The molecule has 1 aliphatic carbocycles. The minimum absolute atomic E-state index is 0.221. The lowest BCUT2D eigenvalue weighted by atomic mass is 10.0. The van der Waals surface area contributed by atoms with Crippen molar-refractivity contribution in [3.8, 4) is 23.0 Å². The molecule has 3 N–H and O–H groups in total. The standard InChI is InChI=1S/C27H22ClN5O/c1-17-2-3-20(27(34)32-24-8-6-23(28)7-9-24)12-18(17)4-5-19-13-21(14-30-26(19)29)22-15-31-33(16-22)25-10-11-25/h2-3,6-9,12-16,25H,10-11H2,1H3,(H2,29,30)(H,32,34). The highest BCUT2D eigenvalue weighted by Crippen LogP contribution is 2.35. The number of rotatable bonds is 4. The Hall–Kier alpha value is -4.08. The third-order valence-electron chi connectivity index (χ3n) is 5.71. The first-order valence-corrected chi connectivity index (χ1v) is 11.3. The molecule has 7 heteroatoms. The van der Waals surface area contributed by atoms with Crippen LogP contribution in [-0.4, -0.2) is 20.7 Å². The summed E-state index contributed by atoms with van der Waals surface area (Å²) in [5, 5.41) is 7.93. The van der Waals surface area contributed by atoms with E-state index >= 15 is 0 Å². The summed E-state index contributed by atoms with van der Waals surface area (Å²) in [5.74, 6) is 6.43. The minimum atomic E-state index is -0.221. The van der Waals surface area contributed by atoms with Crippen LogP contribution in [0.4, 0.5) is 11.5 Å². The normalized spacial score (nSPS) is 12.6.